The first-order valence-electron chi connectivity index (χ1n) is 8.02. The smallest absolute Gasteiger partial charge is 0.206 e. The minimum atomic E-state index is -0.262. The summed E-state index contributed by atoms with van der Waals surface area (Å²) in [5.74, 6) is -0.147. The van der Waals surface area contributed by atoms with E-state index < -0.39 is 0 Å². The van der Waals surface area contributed by atoms with E-state index in [9.17, 15) is 0 Å². The summed E-state index contributed by atoms with van der Waals surface area (Å²) >= 11 is 0. The van der Waals surface area contributed by atoms with Crippen molar-refractivity contribution < 1.29 is 4.39 Å². The van der Waals surface area contributed by atoms with Crippen molar-refractivity contribution in [3.05, 3.63) is 71.7 Å². The number of halogens is 1. The number of hydrogen-bond acceptors (Lipinski definition) is 1. The number of nitrogens with zero attached hydrogens (tertiary/aromatic N) is 2. The molecule has 0 aliphatic rings. The number of aryl methyl sites for hydroxylation is 1. The summed E-state index contributed by atoms with van der Waals surface area (Å²) in [7, 11) is 0. The molecule has 2 aromatic carbocycles. The fourth-order valence-corrected chi connectivity index (χ4v) is 2.72. The highest BCUT2D eigenvalue weighted by atomic mass is 19.1. The molecule has 0 saturated carbocycles. The van der Waals surface area contributed by atoms with Gasteiger partial charge >= 0.3 is 0 Å². The van der Waals surface area contributed by atoms with Gasteiger partial charge in [0.05, 0.1) is 11.4 Å². The van der Waals surface area contributed by atoms with Gasteiger partial charge < -0.3 is 0 Å². The fourth-order valence-electron chi connectivity index (χ4n) is 2.72. The molecule has 3 heteroatoms. The maximum atomic E-state index is 15.1. The van der Waals surface area contributed by atoms with Crippen molar-refractivity contribution in [2.45, 2.75) is 33.1 Å². The van der Waals surface area contributed by atoms with Crippen LogP contribution in [0.2, 0.25) is 0 Å². The molecule has 0 bridgehead atoms. The zero-order valence-corrected chi connectivity index (χ0v) is 13.8. The zero-order valence-electron chi connectivity index (χ0n) is 13.8. The van der Waals surface area contributed by atoms with Gasteiger partial charge in [0, 0.05) is 11.1 Å². The molecule has 0 saturated heterocycles. The summed E-state index contributed by atoms with van der Waals surface area (Å²) in [6.45, 7) is 6.14. The van der Waals surface area contributed by atoms with E-state index in [1.54, 1.807) is 0 Å². The molecule has 0 amide bonds. The summed E-state index contributed by atoms with van der Waals surface area (Å²) in [6.07, 6.45) is 0.871. The van der Waals surface area contributed by atoms with Crippen molar-refractivity contribution in [2.24, 2.45) is 0 Å². The molecular formula is C20H21FN2. The van der Waals surface area contributed by atoms with Gasteiger partial charge in [-0.05, 0) is 31.4 Å². The Kier molecular flexibility index (Phi) is 4.28. The molecule has 1 atom stereocenters. The molecule has 0 fully saturated rings. The van der Waals surface area contributed by atoms with Crippen molar-refractivity contribution in [3.8, 4) is 16.9 Å². The first-order valence-corrected chi connectivity index (χ1v) is 8.02. The molecule has 118 valence electrons. The fraction of sp³-hybridized carbons (Fsp3) is 0.250. The summed E-state index contributed by atoms with van der Waals surface area (Å²) in [5.41, 5.74) is 4.27. The second-order valence-corrected chi connectivity index (χ2v) is 5.98. The van der Waals surface area contributed by atoms with E-state index in [-0.39, 0.29) is 11.9 Å². The summed E-state index contributed by atoms with van der Waals surface area (Å²) in [5, 5.41) is 4.59. The number of aromatic nitrogens is 2. The quantitative estimate of drug-likeness (QED) is 0.622. The SMILES string of the molecule is CCC(C)c1c(-c2ccccc2)nn(-c2ccc(C)cc2)c1F. The molecule has 3 aromatic rings. The van der Waals surface area contributed by atoms with Crippen LogP contribution in [0, 0.1) is 12.9 Å². The predicted octanol–water partition coefficient (Wildman–Crippen LogP) is 5.50. The van der Waals surface area contributed by atoms with Crippen LogP contribution in [0.5, 0.6) is 0 Å². The van der Waals surface area contributed by atoms with Gasteiger partial charge in [-0.2, -0.15) is 9.49 Å². The Hall–Kier alpha value is -2.42. The van der Waals surface area contributed by atoms with E-state index in [0.717, 1.165) is 28.9 Å². The third-order valence-corrected chi connectivity index (χ3v) is 4.29. The Morgan fingerprint density at radius 1 is 1.04 bits per heavy atom. The summed E-state index contributed by atoms with van der Waals surface area (Å²) in [6, 6.07) is 17.6. The lowest BCUT2D eigenvalue weighted by atomic mass is 9.96. The highest BCUT2D eigenvalue weighted by molar-refractivity contribution is 5.64. The molecule has 0 radical (unpaired) electrons. The van der Waals surface area contributed by atoms with Gasteiger partial charge in [0.25, 0.3) is 0 Å². The average molecular weight is 308 g/mol. The topological polar surface area (TPSA) is 17.8 Å². The molecule has 23 heavy (non-hydrogen) atoms. The van der Waals surface area contributed by atoms with Crippen LogP contribution in [-0.4, -0.2) is 9.78 Å². The monoisotopic (exact) mass is 308 g/mol. The van der Waals surface area contributed by atoms with Gasteiger partial charge in [0.1, 0.15) is 0 Å². The largest absolute Gasteiger partial charge is 0.220 e. The third kappa shape index (κ3) is 2.91. The normalized spacial score (nSPS) is 12.3. The van der Waals surface area contributed by atoms with Crippen LogP contribution in [0.4, 0.5) is 4.39 Å². The molecule has 2 nitrogen and oxygen atoms in total. The average Bonchev–Trinajstić information content (AvgIpc) is 2.93. The van der Waals surface area contributed by atoms with Crippen LogP contribution in [0.1, 0.15) is 37.3 Å². The molecular weight excluding hydrogens is 287 g/mol. The minimum absolute atomic E-state index is 0.115. The Labute approximate surface area is 136 Å². The van der Waals surface area contributed by atoms with E-state index in [4.69, 9.17) is 0 Å². The van der Waals surface area contributed by atoms with Crippen LogP contribution in [0.3, 0.4) is 0 Å². The lowest BCUT2D eigenvalue weighted by Crippen LogP contribution is -2.01. The molecule has 1 aromatic heterocycles. The molecule has 0 spiro atoms. The van der Waals surface area contributed by atoms with E-state index >= 15 is 4.39 Å². The first kappa shape index (κ1) is 15.5. The Morgan fingerprint density at radius 2 is 1.70 bits per heavy atom. The Balaban J connectivity index is 2.19. The first-order chi connectivity index (χ1) is 11.1. The van der Waals surface area contributed by atoms with Crippen LogP contribution in [-0.2, 0) is 0 Å². The highest BCUT2D eigenvalue weighted by Gasteiger charge is 2.23. The zero-order chi connectivity index (χ0) is 16.4. The molecule has 0 N–H and O–H groups in total. The second-order valence-electron chi connectivity index (χ2n) is 5.98. The molecule has 0 aliphatic heterocycles. The number of rotatable bonds is 4. The standard InChI is InChI=1S/C20H21FN2/c1-4-15(3)18-19(16-8-6-5-7-9-16)22-23(20(18)21)17-12-10-14(2)11-13-17/h5-13,15H,4H2,1-3H3. The molecule has 3 rings (SSSR count). The van der Waals surface area contributed by atoms with E-state index in [1.807, 2.05) is 68.4 Å². The van der Waals surface area contributed by atoms with Crippen molar-refractivity contribution in [1.82, 2.24) is 9.78 Å². The van der Waals surface area contributed by atoms with Crippen molar-refractivity contribution in [3.63, 3.8) is 0 Å². The van der Waals surface area contributed by atoms with Gasteiger partial charge in [-0.1, -0.05) is 61.9 Å². The third-order valence-electron chi connectivity index (χ3n) is 4.29. The van der Waals surface area contributed by atoms with Crippen LogP contribution in [0.25, 0.3) is 16.9 Å². The minimum Gasteiger partial charge on any atom is -0.206 e. The molecule has 1 heterocycles. The Morgan fingerprint density at radius 3 is 2.30 bits per heavy atom. The van der Waals surface area contributed by atoms with Gasteiger partial charge in [-0.25, -0.2) is 4.68 Å². The maximum Gasteiger partial charge on any atom is 0.220 e. The van der Waals surface area contributed by atoms with Crippen LogP contribution < -0.4 is 0 Å². The molecule has 0 aliphatic carbocycles. The van der Waals surface area contributed by atoms with E-state index in [1.165, 1.54) is 4.68 Å². The molecule has 1 unspecified atom stereocenters. The second kappa shape index (κ2) is 6.37. The predicted molar refractivity (Wildman–Crippen MR) is 92.4 cm³/mol. The van der Waals surface area contributed by atoms with Crippen molar-refractivity contribution in [1.29, 1.82) is 0 Å². The van der Waals surface area contributed by atoms with Gasteiger partial charge in [-0.3, -0.25) is 0 Å². The lowest BCUT2D eigenvalue weighted by Gasteiger charge is -2.09. The highest BCUT2D eigenvalue weighted by Crippen LogP contribution is 2.33. The summed E-state index contributed by atoms with van der Waals surface area (Å²) < 4.78 is 16.5. The maximum absolute atomic E-state index is 15.1. The van der Waals surface area contributed by atoms with Gasteiger partial charge in [-0.15, -0.1) is 0 Å². The number of benzene rings is 2. The van der Waals surface area contributed by atoms with Crippen molar-refractivity contribution in [2.75, 3.05) is 0 Å². The van der Waals surface area contributed by atoms with E-state index in [2.05, 4.69) is 12.0 Å². The van der Waals surface area contributed by atoms with Crippen LogP contribution in [0.15, 0.2) is 54.6 Å². The Bertz CT molecular complexity index is 789. The van der Waals surface area contributed by atoms with Crippen LogP contribution >= 0.6 is 0 Å². The lowest BCUT2D eigenvalue weighted by molar-refractivity contribution is 0.514. The van der Waals surface area contributed by atoms with Crippen molar-refractivity contribution >= 4 is 0 Å². The van der Waals surface area contributed by atoms with E-state index in [0.29, 0.717) is 5.56 Å². The number of hydrogen-bond donors (Lipinski definition) is 0. The summed E-state index contributed by atoms with van der Waals surface area (Å²) in [4.78, 5) is 0. The van der Waals surface area contributed by atoms with Gasteiger partial charge in [0.2, 0.25) is 5.95 Å². The van der Waals surface area contributed by atoms with Gasteiger partial charge in [0.15, 0.2) is 0 Å².